The molecule has 1 N–H and O–H groups in total. The zero-order valence-corrected chi connectivity index (χ0v) is 10.1. The SMILES string of the molecule is N#Cc1cc(F)cc(CNc2cc(F)c(F)c(F)c2)c1. The molecule has 0 aliphatic heterocycles. The lowest BCUT2D eigenvalue weighted by atomic mass is 10.1. The number of benzene rings is 2. The van der Waals surface area contributed by atoms with Gasteiger partial charge in [0.2, 0.25) is 0 Å². The van der Waals surface area contributed by atoms with E-state index in [0.29, 0.717) is 5.56 Å². The van der Waals surface area contributed by atoms with Gasteiger partial charge in [-0.15, -0.1) is 0 Å². The molecule has 0 aliphatic carbocycles. The molecule has 2 rings (SSSR count). The molecular weight excluding hydrogens is 272 g/mol. The molecule has 2 aromatic rings. The van der Waals surface area contributed by atoms with Crippen molar-refractivity contribution in [3.05, 3.63) is 64.7 Å². The molecule has 0 fully saturated rings. The number of nitriles is 1. The molecule has 0 unspecified atom stereocenters. The minimum Gasteiger partial charge on any atom is -0.381 e. The lowest BCUT2D eigenvalue weighted by Crippen LogP contribution is -2.02. The number of anilines is 1. The topological polar surface area (TPSA) is 35.8 Å². The quantitative estimate of drug-likeness (QED) is 0.687. The summed E-state index contributed by atoms with van der Waals surface area (Å²) in [6.07, 6.45) is 0. The van der Waals surface area contributed by atoms with Gasteiger partial charge in [-0.1, -0.05) is 0 Å². The average Bonchev–Trinajstić information content (AvgIpc) is 2.41. The van der Waals surface area contributed by atoms with E-state index in [0.717, 1.165) is 18.2 Å². The molecule has 0 amide bonds. The number of nitrogens with zero attached hydrogens (tertiary/aromatic N) is 1. The third kappa shape index (κ3) is 3.06. The van der Waals surface area contributed by atoms with Gasteiger partial charge in [0.1, 0.15) is 5.82 Å². The predicted octanol–water partition coefficient (Wildman–Crippen LogP) is 3.73. The summed E-state index contributed by atoms with van der Waals surface area (Å²) < 4.78 is 51.9. The van der Waals surface area contributed by atoms with Gasteiger partial charge in [-0.3, -0.25) is 0 Å². The highest BCUT2D eigenvalue weighted by atomic mass is 19.2. The Hall–Kier alpha value is -2.55. The maximum absolute atomic E-state index is 13.2. The summed E-state index contributed by atoms with van der Waals surface area (Å²) in [7, 11) is 0. The third-order valence-corrected chi connectivity index (χ3v) is 2.57. The van der Waals surface area contributed by atoms with Crippen molar-refractivity contribution >= 4 is 5.69 Å². The molecule has 20 heavy (non-hydrogen) atoms. The Bertz CT molecular complexity index is 669. The normalized spacial score (nSPS) is 10.2. The van der Waals surface area contributed by atoms with Crippen LogP contribution in [0.2, 0.25) is 0 Å². The Morgan fingerprint density at radius 3 is 2.20 bits per heavy atom. The van der Waals surface area contributed by atoms with E-state index in [4.69, 9.17) is 5.26 Å². The first-order valence-electron chi connectivity index (χ1n) is 5.57. The number of hydrogen-bond donors (Lipinski definition) is 1. The van der Waals surface area contributed by atoms with Crippen LogP contribution in [0, 0.1) is 34.6 Å². The molecule has 0 aromatic heterocycles. The Kier molecular flexibility index (Phi) is 3.89. The van der Waals surface area contributed by atoms with Crippen LogP contribution in [0.15, 0.2) is 30.3 Å². The highest BCUT2D eigenvalue weighted by molar-refractivity contribution is 5.45. The molecule has 6 heteroatoms. The molecule has 0 spiro atoms. The maximum atomic E-state index is 13.2. The van der Waals surface area contributed by atoms with Gasteiger partial charge in [0.05, 0.1) is 11.6 Å². The Balaban J connectivity index is 2.17. The van der Waals surface area contributed by atoms with Crippen molar-refractivity contribution in [3.63, 3.8) is 0 Å². The lowest BCUT2D eigenvalue weighted by Gasteiger charge is -2.08. The molecule has 2 aromatic carbocycles. The van der Waals surface area contributed by atoms with Crippen molar-refractivity contribution in [2.45, 2.75) is 6.54 Å². The van der Waals surface area contributed by atoms with E-state index in [1.165, 1.54) is 12.1 Å². The average molecular weight is 280 g/mol. The van der Waals surface area contributed by atoms with Crippen molar-refractivity contribution < 1.29 is 17.6 Å². The molecule has 0 aliphatic rings. The third-order valence-electron chi connectivity index (χ3n) is 2.57. The summed E-state index contributed by atoms with van der Waals surface area (Å²) in [4.78, 5) is 0. The smallest absolute Gasteiger partial charge is 0.194 e. The first kappa shape index (κ1) is 13.9. The zero-order chi connectivity index (χ0) is 14.7. The van der Waals surface area contributed by atoms with E-state index in [2.05, 4.69) is 5.32 Å². The van der Waals surface area contributed by atoms with Gasteiger partial charge in [0, 0.05) is 24.4 Å². The van der Waals surface area contributed by atoms with Gasteiger partial charge in [-0.05, 0) is 23.8 Å². The minimum atomic E-state index is -1.55. The summed E-state index contributed by atoms with van der Waals surface area (Å²) in [6, 6.07) is 7.08. The standard InChI is InChI=1S/C14H8F4N2/c15-10-2-8(6-19)1-9(3-10)7-20-11-4-12(16)14(18)13(17)5-11/h1-5,20H,7H2. The summed E-state index contributed by atoms with van der Waals surface area (Å²) in [5, 5.41) is 11.3. The van der Waals surface area contributed by atoms with Crippen LogP contribution in [-0.4, -0.2) is 0 Å². The molecule has 0 atom stereocenters. The first-order valence-corrected chi connectivity index (χ1v) is 5.57. The number of rotatable bonds is 3. The molecule has 2 nitrogen and oxygen atoms in total. The van der Waals surface area contributed by atoms with Crippen molar-refractivity contribution in [1.82, 2.24) is 0 Å². The predicted molar refractivity (Wildman–Crippen MR) is 64.8 cm³/mol. The minimum absolute atomic E-state index is 0.0177. The van der Waals surface area contributed by atoms with Crippen molar-refractivity contribution in [2.24, 2.45) is 0 Å². The van der Waals surface area contributed by atoms with Crippen molar-refractivity contribution in [1.29, 1.82) is 5.26 Å². The monoisotopic (exact) mass is 280 g/mol. The number of halogens is 4. The molecule has 102 valence electrons. The fraction of sp³-hybridized carbons (Fsp3) is 0.0714. The Labute approximate surface area is 112 Å². The van der Waals surface area contributed by atoms with Crippen LogP contribution >= 0.6 is 0 Å². The van der Waals surface area contributed by atoms with Gasteiger partial charge < -0.3 is 5.32 Å². The molecule has 0 saturated heterocycles. The number of nitrogens with one attached hydrogen (secondary N) is 1. The van der Waals surface area contributed by atoms with Crippen LogP contribution in [0.4, 0.5) is 23.2 Å². The van der Waals surface area contributed by atoms with Gasteiger partial charge in [-0.2, -0.15) is 5.26 Å². The summed E-state index contributed by atoms with van der Waals surface area (Å²) >= 11 is 0. The zero-order valence-electron chi connectivity index (χ0n) is 10.1. The van der Waals surface area contributed by atoms with Gasteiger partial charge in [-0.25, -0.2) is 17.6 Å². The van der Waals surface area contributed by atoms with Crippen LogP contribution < -0.4 is 5.32 Å². The Morgan fingerprint density at radius 1 is 0.950 bits per heavy atom. The van der Waals surface area contributed by atoms with E-state index in [-0.39, 0.29) is 17.8 Å². The maximum Gasteiger partial charge on any atom is 0.194 e. The number of hydrogen-bond acceptors (Lipinski definition) is 2. The largest absolute Gasteiger partial charge is 0.381 e. The second-order valence-electron chi connectivity index (χ2n) is 4.07. The second kappa shape index (κ2) is 5.61. The second-order valence-corrected chi connectivity index (χ2v) is 4.07. The highest BCUT2D eigenvalue weighted by Crippen LogP contribution is 2.18. The van der Waals surface area contributed by atoms with E-state index in [1.54, 1.807) is 6.07 Å². The van der Waals surface area contributed by atoms with Crippen molar-refractivity contribution in [3.8, 4) is 6.07 Å². The lowest BCUT2D eigenvalue weighted by molar-refractivity contribution is 0.447. The highest BCUT2D eigenvalue weighted by Gasteiger charge is 2.10. The van der Waals surface area contributed by atoms with Crippen molar-refractivity contribution in [2.75, 3.05) is 5.32 Å². The van der Waals surface area contributed by atoms with Crippen LogP contribution in [0.5, 0.6) is 0 Å². The van der Waals surface area contributed by atoms with Gasteiger partial charge >= 0.3 is 0 Å². The first-order chi connectivity index (χ1) is 9.49. The van der Waals surface area contributed by atoms with Crippen LogP contribution in [-0.2, 0) is 6.54 Å². The summed E-state index contributed by atoms with van der Waals surface area (Å²) in [6.45, 7) is 0.0386. The Morgan fingerprint density at radius 2 is 1.60 bits per heavy atom. The van der Waals surface area contributed by atoms with E-state index in [9.17, 15) is 17.6 Å². The fourth-order valence-electron chi connectivity index (χ4n) is 1.68. The molecular formula is C14H8F4N2. The van der Waals surface area contributed by atoms with E-state index < -0.39 is 23.3 Å². The van der Waals surface area contributed by atoms with Gasteiger partial charge in [0.15, 0.2) is 17.5 Å². The molecule has 0 bridgehead atoms. The molecule has 0 saturated carbocycles. The summed E-state index contributed by atoms with van der Waals surface area (Å²) in [5.74, 6) is -4.76. The van der Waals surface area contributed by atoms with Crippen LogP contribution in [0.1, 0.15) is 11.1 Å². The van der Waals surface area contributed by atoms with E-state index >= 15 is 0 Å². The van der Waals surface area contributed by atoms with Crippen LogP contribution in [0.25, 0.3) is 0 Å². The summed E-state index contributed by atoms with van der Waals surface area (Å²) in [5.41, 5.74) is 0.578. The van der Waals surface area contributed by atoms with E-state index in [1.807, 2.05) is 0 Å². The van der Waals surface area contributed by atoms with Gasteiger partial charge in [0.25, 0.3) is 0 Å². The van der Waals surface area contributed by atoms with Crippen LogP contribution in [0.3, 0.4) is 0 Å². The molecule has 0 heterocycles. The molecule has 0 radical (unpaired) electrons. The fourth-order valence-corrected chi connectivity index (χ4v) is 1.68.